The molecular weight excluding hydrogens is 184 g/mol. The van der Waals surface area contributed by atoms with Gasteiger partial charge in [0.2, 0.25) is 0 Å². The highest BCUT2D eigenvalue weighted by molar-refractivity contribution is 5.36. The number of H-pyrrole nitrogens is 1. The van der Waals surface area contributed by atoms with Gasteiger partial charge in [0.15, 0.2) is 0 Å². The first-order valence-corrected chi connectivity index (χ1v) is 5.52. The fraction of sp³-hybridized carbons (Fsp3) is 0.308. The van der Waals surface area contributed by atoms with Gasteiger partial charge in [0.1, 0.15) is 5.82 Å². The summed E-state index contributed by atoms with van der Waals surface area (Å²) in [6.07, 6.45) is 7.44. The molecule has 1 aromatic heterocycles. The molecule has 1 atom stereocenters. The average Bonchev–Trinajstić information content (AvgIpc) is 2.82. The van der Waals surface area contributed by atoms with Gasteiger partial charge in [0, 0.05) is 18.3 Å². The molecule has 0 radical (unpaired) electrons. The van der Waals surface area contributed by atoms with Crippen molar-refractivity contribution in [2.24, 2.45) is 0 Å². The highest BCUT2D eigenvalue weighted by Crippen LogP contribution is 2.34. The van der Waals surface area contributed by atoms with E-state index in [4.69, 9.17) is 0 Å². The molecule has 1 unspecified atom stereocenters. The van der Waals surface area contributed by atoms with E-state index in [1.165, 1.54) is 30.4 Å². The summed E-state index contributed by atoms with van der Waals surface area (Å²) in [5.41, 5.74) is 2.95. The topological polar surface area (TPSA) is 28.7 Å². The van der Waals surface area contributed by atoms with Crippen LogP contribution in [0.4, 0.5) is 0 Å². The van der Waals surface area contributed by atoms with Crippen LogP contribution in [0.3, 0.4) is 0 Å². The third-order valence-corrected chi connectivity index (χ3v) is 3.22. The number of aromatic amines is 1. The summed E-state index contributed by atoms with van der Waals surface area (Å²) in [5, 5.41) is 0. The Morgan fingerprint density at radius 1 is 1.27 bits per heavy atom. The lowest BCUT2D eigenvalue weighted by molar-refractivity contribution is 0.595. The van der Waals surface area contributed by atoms with Crippen molar-refractivity contribution >= 4 is 0 Å². The van der Waals surface area contributed by atoms with Gasteiger partial charge in [-0.15, -0.1) is 0 Å². The van der Waals surface area contributed by atoms with Crippen LogP contribution < -0.4 is 0 Å². The van der Waals surface area contributed by atoms with Crippen molar-refractivity contribution in [3.05, 3.63) is 53.6 Å². The van der Waals surface area contributed by atoms with Crippen LogP contribution in [0.1, 0.15) is 35.7 Å². The van der Waals surface area contributed by atoms with Crippen LogP contribution in [-0.4, -0.2) is 9.97 Å². The number of nitrogens with one attached hydrogen (secondary N) is 1. The van der Waals surface area contributed by atoms with Gasteiger partial charge >= 0.3 is 0 Å². The molecule has 0 amide bonds. The fourth-order valence-electron chi connectivity index (χ4n) is 2.51. The predicted molar refractivity (Wildman–Crippen MR) is 59.8 cm³/mol. The molecule has 2 heteroatoms. The van der Waals surface area contributed by atoms with E-state index in [2.05, 4.69) is 34.2 Å². The second kappa shape index (κ2) is 3.54. The van der Waals surface area contributed by atoms with Crippen molar-refractivity contribution in [2.75, 3.05) is 0 Å². The van der Waals surface area contributed by atoms with Crippen molar-refractivity contribution in [3.8, 4) is 0 Å². The molecule has 1 aliphatic rings. The summed E-state index contributed by atoms with van der Waals surface area (Å²) >= 11 is 0. The molecule has 2 aromatic rings. The molecule has 0 spiro atoms. The SMILES string of the molecule is c1ccc2c(c1)CCCC2c1ncc[nH]1. The Balaban J connectivity index is 2.06. The van der Waals surface area contributed by atoms with Crippen LogP contribution in [0, 0.1) is 0 Å². The van der Waals surface area contributed by atoms with Gasteiger partial charge in [-0.25, -0.2) is 4.98 Å². The molecule has 15 heavy (non-hydrogen) atoms. The number of imidazole rings is 1. The van der Waals surface area contributed by atoms with Crippen molar-refractivity contribution in [3.63, 3.8) is 0 Å². The number of nitrogens with zero attached hydrogens (tertiary/aromatic N) is 1. The largest absolute Gasteiger partial charge is 0.348 e. The molecule has 0 saturated heterocycles. The highest BCUT2D eigenvalue weighted by Gasteiger charge is 2.22. The van der Waals surface area contributed by atoms with Crippen LogP contribution in [0.2, 0.25) is 0 Å². The van der Waals surface area contributed by atoms with Gasteiger partial charge in [-0.3, -0.25) is 0 Å². The van der Waals surface area contributed by atoms with Crippen molar-refractivity contribution in [2.45, 2.75) is 25.2 Å². The van der Waals surface area contributed by atoms with E-state index in [-0.39, 0.29) is 0 Å². The zero-order chi connectivity index (χ0) is 10.1. The third kappa shape index (κ3) is 1.46. The van der Waals surface area contributed by atoms with Crippen molar-refractivity contribution in [1.82, 2.24) is 9.97 Å². The molecule has 1 heterocycles. The number of aromatic nitrogens is 2. The lowest BCUT2D eigenvalue weighted by Gasteiger charge is -2.23. The molecule has 3 rings (SSSR count). The summed E-state index contributed by atoms with van der Waals surface area (Å²) < 4.78 is 0. The van der Waals surface area contributed by atoms with Crippen LogP contribution in [0.25, 0.3) is 0 Å². The Kier molecular flexibility index (Phi) is 2.05. The van der Waals surface area contributed by atoms with Gasteiger partial charge in [-0.2, -0.15) is 0 Å². The lowest BCUT2D eigenvalue weighted by atomic mass is 9.82. The van der Waals surface area contributed by atoms with E-state index in [9.17, 15) is 0 Å². The van der Waals surface area contributed by atoms with E-state index < -0.39 is 0 Å². The lowest BCUT2D eigenvalue weighted by Crippen LogP contribution is -2.11. The predicted octanol–water partition coefficient (Wildman–Crippen LogP) is 2.88. The summed E-state index contributed by atoms with van der Waals surface area (Å²) in [6, 6.07) is 8.73. The standard InChI is InChI=1S/C13H14N2/c1-2-6-11-10(4-1)5-3-7-12(11)13-14-8-9-15-13/h1-2,4,6,8-9,12H,3,5,7H2,(H,14,15). The summed E-state index contributed by atoms with van der Waals surface area (Å²) in [4.78, 5) is 7.62. The van der Waals surface area contributed by atoms with Gasteiger partial charge in [0.05, 0.1) is 0 Å². The van der Waals surface area contributed by atoms with Gasteiger partial charge in [-0.05, 0) is 30.4 Å². The molecule has 0 aliphatic heterocycles. The summed E-state index contributed by atoms with van der Waals surface area (Å²) in [6.45, 7) is 0. The maximum absolute atomic E-state index is 4.38. The second-order valence-corrected chi connectivity index (χ2v) is 4.12. The van der Waals surface area contributed by atoms with Crippen molar-refractivity contribution in [1.29, 1.82) is 0 Å². The Hall–Kier alpha value is -1.57. The Morgan fingerprint density at radius 2 is 2.20 bits per heavy atom. The first kappa shape index (κ1) is 8.72. The minimum atomic E-state index is 0.477. The van der Waals surface area contributed by atoms with Gasteiger partial charge in [0.25, 0.3) is 0 Å². The molecule has 0 bridgehead atoms. The molecule has 1 N–H and O–H groups in total. The number of rotatable bonds is 1. The molecule has 1 aliphatic carbocycles. The van der Waals surface area contributed by atoms with E-state index in [1.54, 1.807) is 0 Å². The maximum Gasteiger partial charge on any atom is 0.113 e. The number of hydrogen-bond donors (Lipinski definition) is 1. The maximum atomic E-state index is 4.38. The smallest absolute Gasteiger partial charge is 0.113 e. The summed E-state index contributed by atoms with van der Waals surface area (Å²) in [7, 11) is 0. The monoisotopic (exact) mass is 198 g/mol. The molecule has 76 valence electrons. The fourth-order valence-corrected chi connectivity index (χ4v) is 2.51. The van der Waals surface area contributed by atoms with Crippen LogP contribution in [0.5, 0.6) is 0 Å². The average molecular weight is 198 g/mol. The molecule has 0 fully saturated rings. The minimum absolute atomic E-state index is 0.477. The van der Waals surface area contributed by atoms with Crippen LogP contribution >= 0.6 is 0 Å². The first-order chi connectivity index (χ1) is 7.45. The zero-order valence-corrected chi connectivity index (χ0v) is 8.61. The Labute approximate surface area is 89.4 Å². The number of benzene rings is 1. The molecule has 0 saturated carbocycles. The number of aryl methyl sites for hydroxylation is 1. The van der Waals surface area contributed by atoms with Crippen LogP contribution in [-0.2, 0) is 6.42 Å². The Bertz CT molecular complexity index is 445. The van der Waals surface area contributed by atoms with E-state index in [0.717, 1.165) is 5.82 Å². The highest BCUT2D eigenvalue weighted by atomic mass is 14.9. The third-order valence-electron chi connectivity index (χ3n) is 3.22. The van der Waals surface area contributed by atoms with Crippen molar-refractivity contribution < 1.29 is 0 Å². The normalized spacial score (nSPS) is 19.9. The second-order valence-electron chi connectivity index (χ2n) is 4.12. The number of fused-ring (bicyclic) bond motifs is 1. The summed E-state index contributed by atoms with van der Waals surface area (Å²) in [5.74, 6) is 1.59. The Morgan fingerprint density at radius 3 is 3.07 bits per heavy atom. The van der Waals surface area contributed by atoms with E-state index in [1.807, 2.05) is 12.4 Å². The first-order valence-electron chi connectivity index (χ1n) is 5.52. The van der Waals surface area contributed by atoms with E-state index in [0.29, 0.717) is 5.92 Å². The molecule has 2 nitrogen and oxygen atoms in total. The van der Waals surface area contributed by atoms with E-state index >= 15 is 0 Å². The zero-order valence-electron chi connectivity index (χ0n) is 8.61. The van der Waals surface area contributed by atoms with Gasteiger partial charge < -0.3 is 4.98 Å². The van der Waals surface area contributed by atoms with Gasteiger partial charge in [-0.1, -0.05) is 24.3 Å². The minimum Gasteiger partial charge on any atom is -0.348 e. The number of hydrogen-bond acceptors (Lipinski definition) is 1. The van der Waals surface area contributed by atoms with Crippen LogP contribution in [0.15, 0.2) is 36.7 Å². The molecule has 1 aromatic carbocycles. The quantitative estimate of drug-likeness (QED) is 0.750. The molecular formula is C13H14N2.